The fourth-order valence-electron chi connectivity index (χ4n) is 3.68. The van der Waals surface area contributed by atoms with Crippen LogP contribution in [0.3, 0.4) is 0 Å². The van der Waals surface area contributed by atoms with Gasteiger partial charge in [-0.2, -0.15) is 13.2 Å². The molecule has 0 spiro atoms. The van der Waals surface area contributed by atoms with Crippen molar-refractivity contribution in [1.82, 2.24) is 9.71 Å². The predicted molar refractivity (Wildman–Crippen MR) is 127 cm³/mol. The van der Waals surface area contributed by atoms with Gasteiger partial charge >= 0.3 is 15.5 Å². The number of benzene rings is 2. The predicted octanol–water partition coefficient (Wildman–Crippen LogP) is 4.12. The Kier molecular flexibility index (Phi) is 6.99. The van der Waals surface area contributed by atoms with E-state index in [1.54, 1.807) is 6.07 Å². The molecule has 14 heteroatoms. The van der Waals surface area contributed by atoms with E-state index in [4.69, 9.17) is 0 Å². The van der Waals surface area contributed by atoms with Gasteiger partial charge in [-0.15, -0.1) is 0 Å². The Morgan fingerprint density at radius 1 is 0.865 bits per heavy atom. The minimum atomic E-state index is -5.62. The number of pyridine rings is 1. The van der Waals surface area contributed by atoms with Crippen molar-refractivity contribution in [2.45, 2.75) is 56.9 Å². The molecule has 0 aliphatic heterocycles. The molecule has 1 aliphatic carbocycles. The fraction of sp³-hybridized carbons (Fsp3) is 0.261. The standard InChI is InChI=1S/C23H21F3N2O6S3/c1-15(28-37(33,34)23(24,25)26)16-7-10-19(11-8-16)35(29,30)21-14-18(17-5-6-17)9-12-20(21)36(31,32)22-4-2-3-13-27-22/h2-4,7-15,17,28H,5-6H2,1H3/t15-/m0/s1. The molecule has 1 fully saturated rings. The summed E-state index contributed by atoms with van der Waals surface area (Å²) in [5.41, 5.74) is -4.77. The number of alkyl halides is 3. The highest BCUT2D eigenvalue weighted by Gasteiger charge is 2.46. The van der Waals surface area contributed by atoms with Gasteiger partial charge in [0.1, 0.15) is 0 Å². The maximum Gasteiger partial charge on any atom is 0.511 e. The molecule has 198 valence electrons. The summed E-state index contributed by atoms with van der Waals surface area (Å²) < 4.78 is 116. The Morgan fingerprint density at radius 3 is 2.05 bits per heavy atom. The van der Waals surface area contributed by atoms with Gasteiger partial charge in [-0.3, -0.25) is 0 Å². The molecule has 4 rings (SSSR count). The average molecular weight is 575 g/mol. The van der Waals surface area contributed by atoms with Crippen LogP contribution in [0.2, 0.25) is 0 Å². The number of aromatic nitrogens is 1. The molecule has 37 heavy (non-hydrogen) atoms. The van der Waals surface area contributed by atoms with Crippen LogP contribution in [0.1, 0.15) is 42.9 Å². The quantitative estimate of drug-likeness (QED) is 0.429. The van der Waals surface area contributed by atoms with Gasteiger partial charge in [-0.25, -0.2) is 35.0 Å². The zero-order valence-electron chi connectivity index (χ0n) is 19.2. The van der Waals surface area contributed by atoms with Crippen LogP contribution in [0.5, 0.6) is 0 Å². The van der Waals surface area contributed by atoms with Gasteiger partial charge in [0.2, 0.25) is 19.7 Å². The van der Waals surface area contributed by atoms with Gasteiger partial charge in [0, 0.05) is 12.2 Å². The number of hydrogen-bond donors (Lipinski definition) is 1. The highest BCUT2D eigenvalue weighted by molar-refractivity contribution is 7.94. The van der Waals surface area contributed by atoms with Crippen molar-refractivity contribution in [3.8, 4) is 0 Å². The molecule has 0 bridgehead atoms. The van der Waals surface area contributed by atoms with E-state index in [0.717, 1.165) is 37.1 Å². The summed E-state index contributed by atoms with van der Waals surface area (Å²) >= 11 is 0. The lowest BCUT2D eigenvalue weighted by atomic mass is 10.1. The van der Waals surface area contributed by atoms with E-state index in [9.17, 15) is 38.4 Å². The summed E-state index contributed by atoms with van der Waals surface area (Å²) in [4.78, 5) is 2.64. The molecule has 1 aromatic heterocycles. The van der Waals surface area contributed by atoms with E-state index in [1.807, 2.05) is 0 Å². The minimum absolute atomic E-state index is 0.0693. The lowest BCUT2D eigenvalue weighted by Gasteiger charge is -2.17. The van der Waals surface area contributed by atoms with Crippen molar-refractivity contribution >= 4 is 29.7 Å². The molecular weight excluding hydrogens is 553 g/mol. The second-order valence-electron chi connectivity index (χ2n) is 8.51. The van der Waals surface area contributed by atoms with Gasteiger partial charge in [0.25, 0.3) is 0 Å². The fourth-order valence-corrected chi connectivity index (χ4v) is 7.70. The number of sulfonamides is 1. The van der Waals surface area contributed by atoms with E-state index in [1.165, 1.54) is 48.2 Å². The number of halogens is 3. The summed E-state index contributed by atoms with van der Waals surface area (Å²) in [5, 5.41) is -0.327. The molecule has 2 aromatic carbocycles. The first kappa shape index (κ1) is 27.2. The highest BCUT2D eigenvalue weighted by Crippen LogP contribution is 2.42. The van der Waals surface area contributed by atoms with Crippen molar-refractivity contribution in [3.63, 3.8) is 0 Å². The van der Waals surface area contributed by atoms with Crippen LogP contribution < -0.4 is 4.72 Å². The molecule has 0 amide bonds. The van der Waals surface area contributed by atoms with Crippen molar-refractivity contribution in [2.75, 3.05) is 0 Å². The average Bonchev–Trinajstić information content (AvgIpc) is 3.69. The minimum Gasteiger partial charge on any atom is -0.244 e. The van der Waals surface area contributed by atoms with Crippen molar-refractivity contribution < 1.29 is 38.4 Å². The molecule has 0 radical (unpaired) electrons. The van der Waals surface area contributed by atoms with Crippen LogP contribution in [0.4, 0.5) is 13.2 Å². The summed E-state index contributed by atoms with van der Waals surface area (Å²) in [6, 6.07) is 11.5. The molecule has 3 aromatic rings. The van der Waals surface area contributed by atoms with Crippen LogP contribution >= 0.6 is 0 Å². The zero-order valence-corrected chi connectivity index (χ0v) is 21.6. The van der Waals surface area contributed by atoms with Gasteiger partial charge in [0.15, 0.2) is 5.03 Å². The van der Waals surface area contributed by atoms with Crippen LogP contribution in [0.15, 0.2) is 86.6 Å². The molecule has 1 aliphatic rings. The van der Waals surface area contributed by atoms with Crippen molar-refractivity contribution in [1.29, 1.82) is 0 Å². The first-order chi connectivity index (χ1) is 17.1. The molecule has 1 atom stereocenters. The Hall–Kier alpha value is -2.81. The first-order valence-corrected chi connectivity index (χ1v) is 15.3. The molecule has 8 nitrogen and oxygen atoms in total. The number of nitrogens with one attached hydrogen (secondary N) is 1. The Labute approximate surface area is 212 Å². The third-order valence-corrected chi connectivity index (χ3v) is 10.8. The second kappa shape index (κ2) is 9.49. The molecular formula is C23H21F3N2O6S3. The van der Waals surface area contributed by atoms with E-state index in [2.05, 4.69) is 4.98 Å². The van der Waals surface area contributed by atoms with Gasteiger partial charge in [0.05, 0.1) is 14.7 Å². The van der Waals surface area contributed by atoms with E-state index >= 15 is 0 Å². The van der Waals surface area contributed by atoms with Gasteiger partial charge in [-0.1, -0.05) is 24.3 Å². The van der Waals surface area contributed by atoms with Crippen LogP contribution in [-0.4, -0.2) is 35.7 Å². The summed E-state index contributed by atoms with van der Waals surface area (Å²) in [7, 11) is -14.4. The topological polar surface area (TPSA) is 127 Å². The smallest absolute Gasteiger partial charge is 0.244 e. The third kappa shape index (κ3) is 5.42. The maximum atomic E-state index is 13.6. The van der Waals surface area contributed by atoms with Crippen molar-refractivity contribution in [3.05, 3.63) is 78.0 Å². The molecule has 0 saturated heterocycles. The molecule has 1 N–H and O–H groups in total. The Bertz CT molecular complexity index is 1640. The SMILES string of the molecule is C[C@H](NS(=O)(=O)C(F)(F)F)c1ccc(S(=O)(=O)c2cc(C3CC3)ccc2S(=O)(=O)c2ccccn2)cc1. The first-order valence-electron chi connectivity index (χ1n) is 10.9. The number of nitrogens with zero attached hydrogens (tertiary/aromatic N) is 1. The Balaban J connectivity index is 1.75. The normalized spacial score (nSPS) is 15.9. The molecule has 1 saturated carbocycles. The number of rotatable bonds is 8. The number of sulfone groups is 2. The van der Waals surface area contributed by atoms with E-state index < -0.39 is 51.0 Å². The van der Waals surface area contributed by atoms with Crippen LogP contribution in [-0.2, 0) is 29.7 Å². The highest BCUT2D eigenvalue weighted by atomic mass is 32.2. The van der Waals surface area contributed by atoms with Crippen LogP contribution in [0, 0.1) is 0 Å². The van der Waals surface area contributed by atoms with Gasteiger partial charge in [-0.05, 0) is 73.2 Å². The largest absolute Gasteiger partial charge is 0.511 e. The lowest BCUT2D eigenvalue weighted by molar-refractivity contribution is -0.0450. The summed E-state index contributed by atoms with van der Waals surface area (Å²) in [6.07, 6.45) is 2.95. The summed E-state index contributed by atoms with van der Waals surface area (Å²) in [6.45, 7) is 1.17. The molecule has 1 heterocycles. The lowest BCUT2D eigenvalue weighted by Crippen LogP contribution is -2.37. The summed E-state index contributed by atoms with van der Waals surface area (Å²) in [5.74, 6) is 0.116. The van der Waals surface area contributed by atoms with Crippen molar-refractivity contribution in [2.24, 2.45) is 0 Å². The van der Waals surface area contributed by atoms with E-state index in [0.29, 0.717) is 5.56 Å². The molecule has 0 unspecified atom stereocenters. The third-order valence-electron chi connectivity index (χ3n) is 5.84. The van der Waals surface area contributed by atoms with E-state index in [-0.39, 0.29) is 21.4 Å². The van der Waals surface area contributed by atoms with Gasteiger partial charge < -0.3 is 0 Å². The monoisotopic (exact) mass is 574 g/mol. The Morgan fingerprint density at radius 2 is 1.51 bits per heavy atom. The maximum absolute atomic E-state index is 13.6. The zero-order chi connectivity index (χ0) is 27.2. The second-order valence-corrected chi connectivity index (χ2v) is 14.0. The number of hydrogen-bond acceptors (Lipinski definition) is 7. The van der Waals surface area contributed by atoms with Crippen LogP contribution in [0.25, 0.3) is 0 Å².